The number of rotatable bonds is 2. The third-order valence-corrected chi connectivity index (χ3v) is 7.69. The molecule has 3 heteroatoms. The summed E-state index contributed by atoms with van der Waals surface area (Å²) in [7, 11) is 0. The number of halogens is 2. The number of benzene rings is 4. The van der Waals surface area contributed by atoms with Crippen LogP contribution in [-0.4, -0.2) is 3.21 Å². The van der Waals surface area contributed by atoms with Gasteiger partial charge in [0.25, 0.3) is 0 Å². The van der Waals surface area contributed by atoms with Crippen molar-refractivity contribution >= 4 is 24.8 Å². The van der Waals surface area contributed by atoms with Gasteiger partial charge in [0.1, 0.15) is 0 Å². The monoisotopic (exact) mass is 596 g/mol. The maximum atomic E-state index is 2.99. The summed E-state index contributed by atoms with van der Waals surface area (Å²) in [5.74, 6) is 0. The average Bonchev–Trinajstić information content (AvgIpc) is 3.60. The summed E-state index contributed by atoms with van der Waals surface area (Å²) >= 11 is 1.67. The molecule has 5 aromatic carbocycles. The molecule has 0 unspecified atom stereocenters. The minimum atomic E-state index is 0. The molecule has 1 saturated carbocycles. The summed E-state index contributed by atoms with van der Waals surface area (Å²) in [6.07, 6.45) is 14.4. The van der Waals surface area contributed by atoms with Crippen LogP contribution in [0.2, 0.25) is 0 Å². The van der Waals surface area contributed by atoms with E-state index in [0.29, 0.717) is 0 Å². The molecule has 0 spiro atoms. The zero-order valence-electron chi connectivity index (χ0n) is 20.6. The van der Waals surface area contributed by atoms with Gasteiger partial charge in [0.15, 0.2) is 0 Å². The molecule has 0 saturated heterocycles. The van der Waals surface area contributed by atoms with Gasteiger partial charge in [-0.2, -0.15) is 6.08 Å². The van der Waals surface area contributed by atoms with Crippen LogP contribution in [-0.2, 0) is 24.2 Å². The Kier molecular flexibility index (Phi) is 11.4. The summed E-state index contributed by atoms with van der Waals surface area (Å²) < 4.78 is 1.78. The van der Waals surface area contributed by atoms with Crippen LogP contribution in [0.5, 0.6) is 0 Å². The summed E-state index contributed by atoms with van der Waals surface area (Å²) in [6, 6.07) is 37.0. The van der Waals surface area contributed by atoms with Gasteiger partial charge in [0.2, 0.25) is 0 Å². The van der Waals surface area contributed by atoms with Crippen molar-refractivity contribution in [2.24, 2.45) is 0 Å². The molecule has 0 nitrogen and oxygen atoms in total. The molecule has 0 aromatic heterocycles. The molecular formula is C34H28Cl2Zr-2. The smallest absolute Gasteiger partial charge is 0.0197 e. The Bertz CT molecular complexity index is 1390. The summed E-state index contributed by atoms with van der Waals surface area (Å²) in [5, 5.41) is 5.27. The van der Waals surface area contributed by atoms with Crippen molar-refractivity contribution in [3.63, 3.8) is 0 Å². The van der Waals surface area contributed by atoms with E-state index in [2.05, 4.69) is 115 Å². The predicted molar refractivity (Wildman–Crippen MR) is 148 cm³/mol. The van der Waals surface area contributed by atoms with E-state index in [1.807, 2.05) is 12.2 Å². The maximum Gasteiger partial charge on any atom is -0.0197 e. The SMILES string of the molecule is [C-]1=CC=CC1.[Cl-].[Cl-].[Zr+2]=[C]1CCC1.c1ccc(-c2ccc3[cH-]c4ccc(-c5ccccc5)cc4c3c2)cc1. The molecule has 184 valence electrons. The van der Waals surface area contributed by atoms with Crippen LogP contribution in [0.25, 0.3) is 43.8 Å². The van der Waals surface area contributed by atoms with Crippen molar-refractivity contribution < 1.29 is 49.0 Å². The normalized spacial score (nSPS) is 13.0. The molecule has 37 heavy (non-hydrogen) atoms. The zero-order chi connectivity index (χ0) is 23.9. The largest absolute Gasteiger partial charge is 0.126 e. The molecule has 2 aliphatic carbocycles. The second-order valence-corrected chi connectivity index (χ2v) is 10.7. The van der Waals surface area contributed by atoms with Crippen LogP contribution in [0.15, 0.2) is 121 Å². The second kappa shape index (κ2) is 14.5. The van der Waals surface area contributed by atoms with Gasteiger partial charge < -0.3 is 24.8 Å². The van der Waals surface area contributed by atoms with Crippen LogP contribution in [0, 0.1) is 6.08 Å². The zero-order valence-corrected chi connectivity index (χ0v) is 24.6. The van der Waals surface area contributed by atoms with E-state index in [-0.39, 0.29) is 24.8 Å². The molecule has 0 bridgehead atoms. The van der Waals surface area contributed by atoms with Crippen molar-refractivity contribution in [3.8, 4) is 22.3 Å². The Hall–Kier alpha value is -2.44. The summed E-state index contributed by atoms with van der Waals surface area (Å²) in [4.78, 5) is 0. The van der Waals surface area contributed by atoms with E-state index in [1.165, 1.54) is 63.1 Å². The van der Waals surface area contributed by atoms with E-state index < -0.39 is 0 Å². The Labute approximate surface area is 247 Å². The van der Waals surface area contributed by atoms with E-state index in [0.717, 1.165) is 6.42 Å². The van der Waals surface area contributed by atoms with Gasteiger partial charge in [0.05, 0.1) is 0 Å². The quantitative estimate of drug-likeness (QED) is 0.274. The van der Waals surface area contributed by atoms with Crippen LogP contribution in [0.4, 0.5) is 0 Å². The molecule has 0 N–H and O–H groups in total. The van der Waals surface area contributed by atoms with E-state index in [4.69, 9.17) is 0 Å². The van der Waals surface area contributed by atoms with Crippen molar-refractivity contribution in [2.75, 3.05) is 0 Å². The van der Waals surface area contributed by atoms with Gasteiger partial charge in [-0.1, -0.05) is 84.9 Å². The Morgan fingerprint density at radius 3 is 1.43 bits per heavy atom. The molecule has 0 radical (unpaired) electrons. The molecule has 0 amide bonds. The van der Waals surface area contributed by atoms with Gasteiger partial charge in [0, 0.05) is 0 Å². The third-order valence-electron chi connectivity index (χ3n) is 6.46. The van der Waals surface area contributed by atoms with Gasteiger partial charge in [-0.3, -0.25) is 6.08 Å². The number of fused-ring (bicyclic) bond motifs is 3. The molecule has 0 aliphatic heterocycles. The van der Waals surface area contributed by atoms with Crippen molar-refractivity contribution in [2.45, 2.75) is 25.7 Å². The van der Waals surface area contributed by atoms with Crippen molar-refractivity contribution in [1.82, 2.24) is 0 Å². The first-order chi connectivity index (χ1) is 17.3. The van der Waals surface area contributed by atoms with Gasteiger partial charge >= 0.3 is 46.7 Å². The first-order valence-electron chi connectivity index (χ1n) is 12.3. The maximum absolute atomic E-state index is 2.99. The van der Waals surface area contributed by atoms with E-state index in [9.17, 15) is 0 Å². The molecule has 7 rings (SSSR count). The predicted octanol–water partition coefficient (Wildman–Crippen LogP) is 3.25. The Morgan fingerprint density at radius 2 is 1.11 bits per heavy atom. The third kappa shape index (κ3) is 7.55. The topological polar surface area (TPSA) is 0 Å². The second-order valence-electron chi connectivity index (χ2n) is 8.94. The van der Waals surface area contributed by atoms with Crippen molar-refractivity contribution in [1.29, 1.82) is 0 Å². The average molecular weight is 599 g/mol. The first-order valence-corrected chi connectivity index (χ1v) is 13.5. The van der Waals surface area contributed by atoms with Crippen LogP contribution < -0.4 is 24.8 Å². The molecular weight excluding hydrogens is 571 g/mol. The number of hydrogen-bond donors (Lipinski definition) is 0. The molecule has 0 atom stereocenters. The Morgan fingerprint density at radius 1 is 0.622 bits per heavy atom. The minimum Gasteiger partial charge on any atom is -0.126 e. The first kappa shape index (κ1) is 29.1. The Balaban J connectivity index is 0.000000266. The van der Waals surface area contributed by atoms with Crippen molar-refractivity contribution in [3.05, 3.63) is 127 Å². The fourth-order valence-corrected chi connectivity index (χ4v) is 5.18. The molecule has 5 aromatic rings. The summed E-state index contributed by atoms with van der Waals surface area (Å²) in [6.45, 7) is 0. The minimum absolute atomic E-state index is 0. The van der Waals surface area contributed by atoms with Crippen LogP contribution in [0.1, 0.15) is 25.7 Å². The van der Waals surface area contributed by atoms with E-state index >= 15 is 0 Å². The van der Waals surface area contributed by atoms with Crippen LogP contribution >= 0.6 is 0 Å². The standard InChI is InChI=1S/C25H17.C5H5.C4H6.2ClH.Zr/c1-3-7-18(8-4-1)20-11-13-22-15-23-14-12-21(17-25(23)24(22)16-20)19-9-5-2-6-10-19;1-2-4-5-3-1;1-2-4-3-1;;;/h1-17H;1-3H,4H2;1-3H2;2*1H;/q2*-1;;;;+2/p-2. The van der Waals surface area contributed by atoms with Gasteiger partial charge in [-0.15, -0.1) is 46.2 Å². The number of allylic oxidation sites excluding steroid dienone is 4. The number of hydrogen-bond acceptors (Lipinski definition) is 0. The molecule has 1 fully saturated rings. The van der Waals surface area contributed by atoms with Gasteiger partial charge in [-0.05, 0) is 22.3 Å². The summed E-state index contributed by atoms with van der Waals surface area (Å²) in [5.41, 5.74) is 5.06. The fraction of sp³-hybridized carbons (Fsp3) is 0.118. The van der Waals surface area contributed by atoms with E-state index in [1.54, 1.807) is 27.4 Å². The molecule has 0 heterocycles. The molecule has 2 aliphatic rings. The van der Waals surface area contributed by atoms with Crippen LogP contribution in [0.3, 0.4) is 0 Å². The van der Waals surface area contributed by atoms with Gasteiger partial charge in [-0.25, -0.2) is 12.2 Å². The fourth-order valence-electron chi connectivity index (χ4n) is 4.31.